The number of rotatable bonds is 6. The normalized spacial score (nSPS) is 10.0. The van der Waals surface area contributed by atoms with Crippen molar-refractivity contribution in [1.82, 2.24) is 5.32 Å². The van der Waals surface area contributed by atoms with Gasteiger partial charge in [-0.15, -0.1) is 0 Å². The molecule has 0 heterocycles. The van der Waals surface area contributed by atoms with E-state index in [-0.39, 0.29) is 18.4 Å². The molecule has 0 aliphatic heterocycles. The van der Waals surface area contributed by atoms with Crippen molar-refractivity contribution in [3.05, 3.63) is 60.2 Å². The summed E-state index contributed by atoms with van der Waals surface area (Å²) in [7, 11) is 1.75. The van der Waals surface area contributed by atoms with Crippen LogP contribution in [0.1, 0.15) is 17.3 Å². The first-order valence-electron chi connectivity index (χ1n) is 7.55. The Morgan fingerprint density at radius 3 is 2.26 bits per heavy atom. The molecular formula is C18H21N3O2. The Morgan fingerprint density at radius 1 is 1.00 bits per heavy atom. The van der Waals surface area contributed by atoms with E-state index in [1.54, 1.807) is 36.2 Å². The first kappa shape index (κ1) is 16.5. The van der Waals surface area contributed by atoms with Crippen molar-refractivity contribution in [3.8, 4) is 0 Å². The predicted octanol–water partition coefficient (Wildman–Crippen LogP) is 2.51. The number of nitrogens with zero attached hydrogens (tertiary/aromatic N) is 1. The van der Waals surface area contributed by atoms with E-state index in [0.29, 0.717) is 12.1 Å². The molecule has 0 aliphatic carbocycles. The molecular weight excluding hydrogens is 290 g/mol. The van der Waals surface area contributed by atoms with Gasteiger partial charge in [-0.05, 0) is 43.3 Å². The number of amides is 2. The number of likely N-dealkylation sites (N-methyl/N-ethyl adjacent to an activating group) is 1. The van der Waals surface area contributed by atoms with Crippen molar-refractivity contribution >= 4 is 23.2 Å². The number of hydrogen-bond acceptors (Lipinski definition) is 3. The molecule has 120 valence electrons. The van der Waals surface area contributed by atoms with Crippen LogP contribution < -0.4 is 15.5 Å². The molecule has 0 radical (unpaired) electrons. The lowest BCUT2D eigenvalue weighted by Crippen LogP contribution is -2.29. The molecule has 0 saturated heterocycles. The number of para-hydroxylation sites is 1. The second kappa shape index (κ2) is 7.98. The lowest BCUT2D eigenvalue weighted by molar-refractivity contribution is -0.119. The monoisotopic (exact) mass is 311 g/mol. The molecule has 2 rings (SSSR count). The summed E-state index contributed by atoms with van der Waals surface area (Å²) in [6.07, 6.45) is 0. The zero-order valence-corrected chi connectivity index (χ0v) is 13.4. The molecule has 0 atom stereocenters. The second-order valence-electron chi connectivity index (χ2n) is 5.08. The van der Waals surface area contributed by atoms with Crippen LogP contribution in [-0.4, -0.2) is 32.0 Å². The number of nitrogens with one attached hydrogen (secondary N) is 2. The van der Waals surface area contributed by atoms with Crippen LogP contribution in [0.4, 0.5) is 11.4 Å². The fraction of sp³-hybridized carbons (Fsp3) is 0.222. The maximum absolute atomic E-state index is 12.4. The van der Waals surface area contributed by atoms with Crippen molar-refractivity contribution in [3.63, 3.8) is 0 Å². The van der Waals surface area contributed by atoms with Crippen molar-refractivity contribution in [1.29, 1.82) is 0 Å². The van der Waals surface area contributed by atoms with E-state index in [0.717, 1.165) is 11.4 Å². The Bertz CT molecular complexity index is 654. The number of hydrogen-bond donors (Lipinski definition) is 2. The summed E-state index contributed by atoms with van der Waals surface area (Å²) in [4.78, 5) is 25.5. The zero-order chi connectivity index (χ0) is 16.7. The maximum Gasteiger partial charge on any atom is 0.258 e. The summed E-state index contributed by atoms with van der Waals surface area (Å²) >= 11 is 0. The van der Waals surface area contributed by atoms with Gasteiger partial charge >= 0.3 is 0 Å². The molecule has 2 aromatic rings. The van der Waals surface area contributed by atoms with Gasteiger partial charge in [0.2, 0.25) is 5.91 Å². The van der Waals surface area contributed by atoms with E-state index in [1.807, 2.05) is 37.3 Å². The molecule has 0 unspecified atom stereocenters. The van der Waals surface area contributed by atoms with Gasteiger partial charge in [-0.2, -0.15) is 0 Å². The molecule has 2 N–H and O–H groups in total. The topological polar surface area (TPSA) is 61.4 Å². The van der Waals surface area contributed by atoms with Gasteiger partial charge in [0.05, 0.1) is 6.54 Å². The molecule has 2 amide bonds. The number of anilines is 2. The summed E-state index contributed by atoms with van der Waals surface area (Å²) in [5.41, 5.74) is 2.24. The Hall–Kier alpha value is -2.82. The van der Waals surface area contributed by atoms with Gasteiger partial charge in [-0.1, -0.05) is 18.2 Å². The largest absolute Gasteiger partial charge is 0.376 e. The minimum absolute atomic E-state index is 0.0588. The highest BCUT2D eigenvalue weighted by molar-refractivity contribution is 6.05. The van der Waals surface area contributed by atoms with Crippen LogP contribution >= 0.6 is 0 Å². The van der Waals surface area contributed by atoms with Gasteiger partial charge in [-0.3, -0.25) is 9.59 Å². The summed E-state index contributed by atoms with van der Waals surface area (Å²) < 4.78 is 0. The minimum atomic E-state index is -0.0773. The van der Waals surface area contributed by atoms with Gasteiger partial charge in [0, 0.05) is 30.5 Å². The SMILES string of the molecule is CCNC(=O)CNc1ccc(C(=O)N(C)c2ccccc2)cc1. The van der Waals surface area contributed by atoms with Gasteiger partial charge in [0.25, 0.3) is 5.91 Å². The fourth-order valence-corrected chi connectivity index (χ4v) is 2.14. The van der Waals surface area contributed by atoms with Gasteiger partial charge in [0.15, 0.2) is 0 Å². The average molecular weight is 311 g/mol. The van der Waals surface area contributed by atoms with Crippen LogP contribution in [0.15, 0.2) is 54.6 Å². The quantitative estimate of drug-likeness (QED) is 0.861. The van der Waals surface area contributed by atoms with Crippen LogP contribution in [0.5, 0.6) is 0 Å². The summed E-state index contributed by atoms with van der Waals surface area (Å²) in [5.74, 6) is -0.136. The highest BCUT2D eigenvalue weighted by atomic mass is 16.2. The molecule has 0 fully saturated rings. The molecule has 23 heavy (non-hydrogen) atoms. The maximum atomic E-state index is 12.4. The van der Waals surface area contributed by atoms with E-state index in [9.17, 15) is 9.59 Å². The number of carbonyl (C=O) groups is 2. The predicted molar refractivity (Wildman–Crippen MR) is 92.8 cm³/mol. The second-order valence-corrected chi connectivity index (χ2v) is 5.08. The first-order valence-corrected chi connectivity index (χ1v) is 7.55. The van der Waals surface area contributed by atoms with Gasteiger partial charge < -0.3 is 15.5 Å². The van der Waals surface area contributed by atoms with E-state index in [1.165, 1.54) is 0 Å². The van der Waals surface area contributed by atoms with Gasteiger partial charge in [-0.25, -0.2) is 0 Å². The first-order chi connectivity index (χ1) is 11.1. The Kier molecular flexibility index (Phi) is 5.74. The van der Waals surface area contributed by atoms with Crippen molar-refractivity contribution < 1.29 is 9.59 Å². The third-order valence-electron chi connectivity index (χ3n) is 3.41. The highest BCUT2D eigenvalue weighted by Crippen LogP contribution is 2.16. The Balaban J connectivity index is 1.99. The van der Waals surface area contributed by atoms with Crippen molar-refractivity contribution in [2.45, 2.75) is 6.92 Å². The molecule has 5 heteroatoms. The third-order valence-corrected chi connectivity index (χ3v) is 3.41. The molecule has 0 bridgehead atoms. The minimum Gasteiger partial charge on any atom is -0.376 e. The van der Waals surface area contributed by atoms with Crippen LogP contribution in [0, 0.1) is 0 Å². The fourth-order valence-electron chi connectivity index (χ4n) is 2.14. The van der Waals surface area contributed by atoms with Crippen molar-refractivity contribution in [2.75, 3.05) is 30.4 Å². The standard InChI is InChI=1S/C18H21N3O2/c1-3-19-17(22)13-20-15-11-9-14(10-12-15)18(23)21(2)16-7-5-4-6-8-16/h4-12,20H,3,13H2,1-2H3,(H,19,22). The lowest BCUT2D eigenvalue weighted by atomic mass is 10.1. The Labute approximate surface area is 136 Å². The average Bonchev–Trinajstić information content (AvgIpc) is 2.60. The molecule has 0 aromatic heterocycles. The zero-order valence-electron chi connectivity index (χ0n) is 13.4. The van der Waals surface area contributed by atoms with Crippen LogP contribution in [0.2, 0.25) is 0 Å². The van der Waals surface area contributed by atoms with Crippen LogP contribution in [0.3, 0.4) is 0 Å². The molecule has 0 saturated carbocycles. The smallest absolute Gasteiger partial charge is 0.258 e. The third kappa shape index (κ3) is 4.57. The van der Waals surface area contributed by atoms with Crippen molar-refractivity contribution in [2.24, 2.45) is 0 Å². The lowest BCUT2D eigenvalue weighted by Gasteiger charge is -2.17. The van der Waals surface area contributed by atoms with Crippen LogP contribution in [-0.2, 0) is 4.79 Å². The van der Waals surface area contributed by atoms with E-state index >= 15 is 0 Å². The van der Waals surface area contributed by atoms with Crippen LogP contribution in [0.25, 0.3) is 0 Å². The molecule has 2 aromatic carbocycles. The van der Waals surface area contributed by atoms with E-state index in [2.05, 4.69) is 10.6 Å². The summed E-state index contributed by atoms with van der Waals surface area (Å²) in [5, 5.41) is 5.74. The molecule has 0 aliphatic rings. The number of carbonyl (C=O) groups excluding carboxylic acids is 2. The highest BCUT2D eigenvalue weighted by Gasteiger charge is 2.13. The van der Waals surface area contributed by atoms with Gasteiger partial charge in [0.1, 0.15) is 0 Å². The molecule has 5 nitrogen and oxygen atoms in total. The van der Waals surface area contributed by atoms with E-state index < -0.39 is 0 Å². The Morgan fingerprint density at radius 2 is 1.65 bits per heavy atom. The summed E-state index contributed by atoms with van der Waals surface area (Å²) in [6, 6.07) is 16.6. The number of benzene rings is 2. The molecule has 0 spiro atoms. The summed E-state index contributed by atoms with van der Waals surface area (Å²) in [6.45, 7) is 2.70. The van der Waals surface area contributed by atoms with E-state index in [4.69, 9.17) is 0 Å².